The van der Waals surface area contributed by atoms with Gasteiger partial charge in [0.05, 0.1) is 11.8 Å². The van der Waals surface area contributed by atoms with Gasteiger partial charge < -0.3 is 9.64 Å². The Labute approximate surface area is 92.0 Å². The van der Waals surface area contributed by atoms with E-state index in [1.165, 1.54) is 6.08 Å². The van der Waals surface area contributed by atoms with Crippen LogP contribution in [0.3, 0.4) is 0 Å². The molecule has 0 radical (unpaired) electrons. The minimum atomic E-state index is -0.544. The number of β-lactam (4-membered cyclic amide) rings is 1. The van der Waals surface area contributed by atoms with Crippen LogP contribution in [0.5, 0.6) is 0 Å². The molecule has 0 saturated carbocycles. The molecular formula is C10H11NO3S. The molecule has 2 aliphatic heterocycles. The highest BCUT2D eigenvalue weighted by Gasteiger charge is 2.45. The zero-order valence-corrected chi connectivity index (χ0v) is 8.90. The summed E-state index contributed by atoms with van der Waals surface area (Å²) in [6.07, 6.45) is 3.72. The van der Waals surface area contributed by atoms with Crippen LogP contribution in [0.1, 0.15) is 6.42 Å². The second-order valence-corrected chi connectivity index (χ2v) is 4.38. The third-order valence-electron chi connectivity index (χ3n) is 2.33. The highest BCUT2D eigenvalue weighted by atomic mass is 32.2. The average molecular weight is 225 g/mol. The number of nitrogens with zero attached hydrogens (tertiary/aromatic N) is 1. The van der Waals surface area contributed by atoms with Crippen LogP contribution in [0, 0.1) is 0 Å². The lowest BCUT2D eigenvalue weighted by Gasteiger charge is -2.44. The van der Waals surface area contributed by atoms with Gasteiger partial charge in [-0.2, -0.15) is 0 Å². The Hall–Kier alpha value is -1.23. The van der Waals surface area contributed by atoms with Crippen LogP contribution >= 0.6 is 11.8 Å². The van der Waals surface area contributed by atoms with E-state index in [0.717, 1.165) is 0 Å². The van der Waals surface area contributed by atoms with Crippen molar-refractivity contribution in [2.24, 2.45) is 0 Å². The minimum absolute atomic E-state index is 0.0115. The predicted molar refractivity (Wildman–Crippen MR) is 56.9 cm³/mol. The molecule has 2 heterocycles. The predicted octanol–water partition coefficient (Wildman–Crippen LogP) is 0.903. The normalized spacial score (nSPS) is 28.0. The maximum Gasteiger partial charge on any atom is 0.333 e. The first-order valence-electron chi connectivity index (χ1n) is 4.65. The summed E-state index contributed by atoms with van der Waals surface area (Å²) in [4.78, 5) is 24.4. The lowest BCUT2D eigenvalue weighted by molar-refractivity contribution is -0.158. The molecule has 2 atom stereocenters. The van der Waals surface area contributed by atoms with E-state index < -0.39 is 6.04 Å². The molecule has 0 aromatic carbocycles. The standard InChI is InChI=1S/C10H11NO3S/c1-2-4-14-10(13)7-3-5-15-9-6-8(12)11(7)9/h2-3,5,7,9H,1,4,6H2. The number of hydrogen-bond donors (Lipinski definition) is 0. The van der Waals surface area contributed by atoms with Crippen LogP contribution in [0.15, 0.2) is 24.1 Å². The molecule has 0 bridgehead atoms. The molecule has 1 saturated heterocycles. The van der Waals surface area contributed by atoms with E-state index in [-0.39, 0.29) is 23.9 Å². The van der Waals surface area contributed by atoms with Crippen LogP contribution in [0.4, 0.5) is 0 Å². The summed E-state index contributed by atoms with van der Waals surface area (Å²) in [5.41, 5.74) is 0. The van der Waals surface area contributed by atoms with E-state index >= 15 is 0 Å². The lowest BCUT2D eigenvalue weighted by Crippen LogP contribution is -2.59. The van der Waals surface area contributed by atoms with Crippen molar-refractivity contribution in [1.29, 1.82) is 0 Å². The van der Waals surface area contributed by atoms with E-state index in [1.54, 1.807) is 22.7 Å². The molecule has 0 aliphatic carbocycles. The van der Waals surface area contributed by atoms with Gasteiger partial charge in [0.15, 0.2) is 0 Å². The Morgan fingerprint density at radius 3 is 3.27 bits per heavy atom. The largest absolute Gasteiger partial charge is 0.460 e. The topological polar surface area (TPSA) is 46.6 Å². The third-order valence-corrected chi connectivity index (χ3v) is 3.35. The molecular weight excluding hydrogens is 214 g/mol. The zero-order valence-electron chi connectivity index (χ0n) is 8.09. The van der Waals surface area contributed by atoms with Crippen molar-refractivity contribution in [1.82, 2.24) is 4.90 Å². The van der Waals surface area contributed by atoms with Crippen LogP contribution in [-0.4, -0.2) is 34.8 Å². The van der Waals surface area contributed by atoms with E-state index in [9.17, 15) is 9.59 Å². The van der Waals surface area contributed by atoms with Gasteiger partial charge in [0.2, 0.25) is 5.91 Å². The van der Waals surface area contributed by atoms with Crippen molar-refractivity contribution in [2.45, 2.75) is 17.8 Å². The number of thioether (sulfide) groups is 1. The first-order valence-corrected chi connectivity index (χ1v) is 5.59. The second kappa shape index (κ2) is 4.10. The minimum Gasteiger partial charge on any atom is -0.460 e. The number of esters is 1. The first kappa shape index (κ1) is 10.3. The molecule has 5 heteroatoms. The van der Waals surface area contributed by atoms with E-state index in [2.05, 4.69) is 6.58 Å². The molecule has 1 fully saturated rings. The number of carbonyl (C=O) groups is 2. The maximum atomic E-state index is 11.6. The van der Waals surface area contributed by atoms with Crippen molar-refractivity contribution >= 4 is 23.6 Å². The Kier molecular flexibility index (Phi) is 2.81. The van der Waals surface area contributed by atoms with Crippen LogP contribution in [0.25, 0.3) is 0 Å². The van der Waals surface area contributed by atoms with Gasteiger partial charge in [0.25, 0.3) is 0 Å². The summed E-state index contributed by atoms with van der Waals surface area (Å²) in [7, 11) is 0. The first-order chi connectivity index (χ1) is 7.24. The summed E-state index contributed by atoms with van der Waals surface area (Å²) < 4.78 is 4.92. The van der Waals surface area contributed by atoms with Gasteiger partial charge in [-0.05, 0) is 11.5 Å². The number of rotatable bonds is 3. The Bertz CT molecular complexity index is 340. The summed E-state index contributed by atoms with van der Waals surface area (Å²) in [6, 6.07) is -0.544. The Balaban J connectivity index is 2.03. The Morgan fingerprint density at radius 1 is 1.80 bits per heavy atom. The van der Waals surface area contributed by atoms with Gasteiger partial charge in [-0.25, -0.2) is 4.79 Å². The number of ether oxygens (including phenoxy) is 1. The smallest absolute Gasteiger partial charge is 0.333 e. The highest BCUT2D eigenvalue weighted by molar-refractivity contribution is 8.02. The molecule has 2 aliphatic rings. The van der Waals surface area contributed by atoms with Crippen molar-refractivity contribution in [3.8, 4) is 0 Å². The quantitative estimate of drug-likeness (QED) is 0.407. The molecule has 2 rings (SSSR count). The van der Waals surface area contributed by atoms with Crippen LogP contribution < -0.4 is 0 Å². The number of amides is 1. The molecule has 0 N–H and O–H groups in total. The molecule has 1 amide bonds. The molecule has 0 aromatic heterocycles. The summed E-state index contributed by atoms with van der Waals surface area (Å²) in [5.74, 6) is -0.373. The molecule has 0 aromatic rings. The van der Waals surface area contributed by atoms with Crippen molar-refractivity contribution in [3.05, 3.63) is 24.1 Å². The fourth-order valence-corrected chi connectivity index (χ4v) is 2.61. The molecule has 15 heavy (non-hydrogen) atoms. The zero-order chi connectivity index (χ0) is 10.8. The van der Waals surface area contributed by atoms with E-state index in [4.69, 9.17) is 4.74 Å². The molecule has 4 nitrogen and oxygen atoms in total. The van der Waals surface area contributed by atoms with E-state index in [1.807, 2.05) is 5.41 Å². The maximum absolute atomic E-state index is 11.6. The number of hydrogen-bond acceptors (Lipinski definition) is 4. The number of fused-ring (bicyclic) bond motifs is 1. The van der Waals surface area contributed by atoms with Gasteiger partial charge in [-0.1, -0.05) is 12.7 Å². The van der Waals surface area contributed by atoms with Gasteiger partial charge in [0, 0.05) is 0 Å². The van der Waals surface area contributed by atoms with Gasteiger partial charge in [0.1, 0.15) is 12.6 Å². The van der Waals surface area contributed by atoms with Crippen molar-refractivity contribution in [2.75, 3.05) is 6.61 Å². The van der Waals surface area contributed by atoms with Crippen LogP contribution in [0.2, 0.25) is 0 Å². The van der Waals surface area contributed by atoms with Crippen molar-refractivity contribution in [3.63, 3.8) is 0 Å². The van der Waals surface area contributed by atoms with E-state index in [0.29, 0.717) is 6.42 Å². The third kappa shape index (κ3) is 1.79. The van der Waals surface area contributed by atoms with Crippen LogP contribution in [-0.2, 0) is 14.3 Å². The summed E-state index contributed by atoms with van der Waals surface area (Å²) >= 11 is 1.56. The highest BCUT2D eigenvalue weighted by Crippen LogP contribution is 2.36. The molecule has 80 valence electrons. The Morgan fingerprint density at radius 2 is 2.60 bits per heavy atom. The summed E-state index contributed by atoms with van der Waals surface area (Å²) in [5, 5.41) is 1.97. The van der Waals surface area contributed by atoms with Gasteiger partial charge >= 0.3 is 5.97 Å². The monoisotopic (exact) mass is 225 g/mol. The SMILES string of the molecule is C=CCOC(=O)C1C=CSC2CC(=O)N21. The van der Waals surface area contributed by atoms with Gasteiger partial charge in [-0.15, -0.1) is 11.8 Å². The van der Waals surface area contributed by atoms with Gasteiger partial charge in [-0.3, -0.25) is 4.79 Å². The lowest BCUT2D eigenvalue weighted by atomic mass is 10.1. The fraction of sp³-hybridized carbons (Fsp3) is 0.400. The summed E-state index contributed by atoms with van der Waals surface area (Å²) in [6.45, 7) is 3.64. The van der Waals surface area contributed by atoms with Crippen molar-refractivity contribution < 1.29 is 14.3 Å². The molecule has 2 unspecified atom stereocenters. The molecule has 0 spiro atoms. The number of carbonyl (C=O) groups excluding carboxylic acids is 2. The second-order valence-electron chi connectivity index (χ2n) is 3.29. The average Bonchev–Trinajstić information content (AvgIpc) is 2.23. The fourth-order valence-electron chi connectivity index (χ4n) is 1.57.